The Morgan fingerprint density at radius 3 is 2.69 bits per heavy atom. The lowest BCUT2D eigenvalue weighted by atomic mass is 9.87. The van der Waals surface area contributed by atoms with E-state index in [1.54, 1.807) is 7.11 Å². The Balaban J connectivity index is 1.79. The number of methoxy groups -OCH3 is 1. The van der Waals surface area contributed by atoms with Crippen molar-refractivity contribution >= 4 is 0 Å². The summed E-state index contributed by atoms with van der Waals surface area (Å²) in [6, 6.07) is 17.5. The maximum atomic E-state index is 5.80. The molecule has 0 spiro atoms. The van der Waals surface area contributed by atoms with E-state index in [0.717, 1.165) is 31.1 Å². The molecule has 26 heavy (non-hydrogen) atoms. The van der Waals surface area contributed by atoms with Gasteiger partial charge in [-0.1, -0.05) is 36.4 Å². The van der Waals surface area contributed by atoms with Gasteiger partial charge in [0.05, 0.1) is 20.3 Å². The lowest BCUT2D eigenvalue weighted by Gasteiger charge is -2.35. The highest BCUT2D eigenvalue weighted by Gasteiger charge is 2.29. The first-order valence-corrected chi connectivity index (χ1v) is 9.42. The minimum atomic E-state index is 0.292. The van der Waals surface area contributed by atoms with E-state index in [0.29, 0.717) is 24.6 Å². The van der Waals surface area contributed by atoms with E-state index in [1.165, 1.54) is 11.1 Å². The summed E-state index contributed by atoms with van der Waals surface area (Å²) < 4.78 is 17.0. The molecule has 1 saturated heterocycles. The number of ether oxygens (including phenoxy) is 3. The molecule has 4 nitrogen and oxygen atoms in total. The topological polar surface area (TPSA) is 39.7 Å². The zero-order valence-electron chi connectivity index (χ0n) is 15.9. The molecule has 2 aromatic rings. The Morgan fingerprint density at radius 2 is 1.96 bits per heavy atom. The van der Waals surface area contributed by atoms with E-state index in [9.17, 15) is 0 Å². The van der Waals surface area contributed by atoms with Crippen molar-refractivity contribution in [3.8, 4) is 11.5 Å². The minimum Gasteiger partial charge on any atom is -0.493 e. The highest BCUT2D eigenvalue weighted by Crippen LogP contribution is 2.34. The summed E-state index contributed by atoms with van der Waals surface area (Å²) >= 11 is 0. The first-order chi connectivity index (χ1) is 12.7. The molecule has 4 heteroatoms. The standard InChI is InChI=1S/C22H29NO3/c1-4-26-22-14-18(10-11-21(22)24-3)19-15-25-13-12-20(19)23-16(2)17-8-6-5-7-9-17/h5-11,14,16,19-20,23H,4,12-13,15H2,1-3H3/t16-,19+,20-/m1/s1. The fourth-order valence-corrected chi connectivity index (χ4v) is 3.62. The van der Waals surface area contributed by atoms with Crippen LogP contribution in [0.2, 0.25) is 0 Å². The molecule has 1 aliphatic heterocycles. The molecule has 2 aromatic carbocycles. The average Bonchev–Trinajstić information content (AvgIpc) is 2.69. The third-order valence-electron chi connectivity index (χ3n) is 5.04. The van der Waals surface area contributed by atoms with Gasteiger partial charge in [-0.2, -0.15) is 0 Å². The average molecular weight is 355 g/mol. The molecular formula is C22H29NO3. The summed E-state index contributed by atoms with van der Waals surface area (Å²) in [4.78, 5) is 0. The third kappa shape index (κ3) is 4.37. The Labute approximate surface area is 156 Å². The van der Waals surface area contributed by atoms with E-state index in [-0.39, 0.29) is 0 Å². The van der Waals surface area contributed by atoms with Crippen LogP contribution in [-0.2, 0) is 4.74 Å². The van der Waals surface area contributed by atoms with Crippen LogP contribution in [0.25, 0.3) is 0 Å². The maximum Gasteiger partial charge on any atom is 0.161 e. The molecule has 1 heterocycles. The van der Waals surface area contributed by atoms with E-state index >= 15 is 0 Å². The molecule has 140 valence electrons. The van der Waals surface area contributed by atoms with Crippen LogP contribution < -0.4 is 14.8 Å². The molecule has 0 unspecified atom stereocenters. The predicted octanol–water partition coefficient (Wildman–Crippen LogP) is 4.32. The Hall–Kier alpha value is -2.04. The lowest BCUT2D eigenvalue weighted by Crippen LogP contribution is -2.42. The normalized spacial score (nSPS) is 21.2. The van der Waals surface area contributed by atoms with Crippen LogP contribution in [-0.4, -0.2) is 33.0 Å². The van der Waals surface area contributed by atoms with Crippen molar-refractivity contribution in [3.05, 3.63) is 59.7 Å². The number of nitrogens with one attached hydrogen (secondary N) is 1. The molecule has 0 aromatic heterocycles. The van der Waals surface area contributed by atoms with Crippen molar-refractivity contribution in [3.63, 3.8) is 0 Å². The van der Waals surface area contributed by atoms with Gasteiger partial charge in [-0.15, -0.1) is 0 Å². The summed E-state index contributed by atoms with van der Waals surface area (Å²) in [6.07, 6.45) is 0.998. The third-order valence-corrected chi connectivity index (χ3v) is 5.04. The van der Waals surface area contributed by atoms with Gasteiger partial charge in [0, 0.05) is 24.6 Å². The summed E-state index contributed by atoms with van der Waals surface area (Å²) in [6.45, 7) is 6.35. The smallest absolute Gasteiger partial charge is 0.161 e. The highest BCUT2D eigenvalue weighted by molar-refractivity contribution is 5.44. The van der Waals surface area contributed by atoms with Gasteiger partial charge in [0.25, 0.3) is 0 Å². The highest BCUT2D eigenvalue weighted by atomic mass is 16.5. The molecular weight excluding hydrogens is 326 g/mol. The Morgan fingerprint density at radius 1 is 1.15 bits per heavy atom. The molecule has 0 radical (unpaired) electrons. The minimum absolute atomic E-state index is 0.292. The maximum absolute atomic E-state index is 5.80. The Kier molecular flexibility index (Phi) is 6.53. The zero-order chi connectivity index (χ0) is 18.4. The van der Waals surface area contributed by atoms with Gasteiger partial charge in [0.1, 0.15) is 0 Å². The second kappa shape index (κ2) is 9.06. The van der Waals surface area contributed by atoms with Gasteiger partial charge in [0.15, 0.2) is 11.5 Å². The number of benzene rings is 2. The van der Waals surface area contributed by atoms with Crippen molar-refractivity contribution in [2.75, 3.05) is 26.9 Å². The molecule has 1 aliphatic rings. The van der Waals surface area contributed by atoms with E-state index in [4.69, 9.17) is 14.2 Å². The van der Waals surface area contributed by atoms with Gasteiger partial charge in [-0.3, -0.25) is 0 Å². The molecule has 0 aliphatic carbocycles. The van der Waals surface area contributed by atoms with Crippen LogP contribution in [0.4, 0.5) is 0 Å². The van der Waals surface area contributed by atoms with Crippen LogP contribution in [0.15, 0.2) is 48.5 Å². The molecule has 1 fully saturated rings. The van der Waals surface area contributed by atoms with Gasteiger partial charge in [-0.05, 0) is 43.5 Å². The first kappa shape index (κ1) is 18.7. The number of rotatable bonds is 7. The molecule has 3 atom stereocenters. The SMILES string of the molecule is CCOc1cc([C@@H]2COCC[C@H]2N[C@H](C)c2ccccc2)ccc1OC. The van der Waals surface area contributed by atoms with Gasteiger partial charge in [-0.25, -0.2) is 0 Å². The number of hydrogen-bond donors (Lipinski definition) is 1. The predicted molar refractivity (Wildman–Crippen MR) is 104 cm³/mol. The zero-order valence-corrected chi connectivity index (χ0v) is 15.9. The van der Waals surface area contributed by atoms with Crippen LogP contribution in [0.5, 0.6) is 11.5 Å². The van der Waals surface area contributed by atoms with Crippen LogP contribution in [0.1, 0.15) is 43.4 Å². The molecule has 1 N–H and O–H groups in total. The molecule has 0 saturated carbocycles. The summed E-state index contributed by atoms with van der Waals surface area (Å²) in [5.41, 5.74) is 2.54. The van der Waals surface area contributed by atoms with Gasteiger partial charge < -0.3 is 19.5 Å². The van der Waals surface area contributed by atoms with Crippen LogP contribution in [0, 0.1) is 0 Å². The van der Waals surface area contributed by atoms with E-state index in [1.807, 2.05) is 13.0 Å². The van der Waals surface area contributed by atoms with Crippen molar-refractivity contribution < 1.29 is 14.2 Å². The van der Waals surface area contributed by atoms with Crippen LogP contribution >= 0.6 is 0 Å². The first-order valence-electron chi connectivity index (χ1n) is 9.42. The lowest BCUT2D eigenvalue weighted by molar-refractivity contribution is 0.0571. The molecule has 0 amide bonds. The quantitative estimate of drug-likeness (QED) is 0.803. The van der Waals surface area contributed by atoms with Crippen molar-refractivity contribution in [1.29, 1.82) is 0 Å². The summed E-state index contributed by atoms with van der Waals surface area (Å²) in [5.74, 6) is 1.86. The van der Waals surface area contributed by atoms with Crippen molar-refractivity contribution in [2.45, 2.75) is 38.3 Å². The fourth-order valence-electron chi connectivity index (χ4n) is 3.62. The Bertz CT molecular complexity index is 689. The van der Waals surface area contributed by atoms with Crippen molar-refractivity contribution in [1.82, 2.24) is 5.32 Å². The van der Waals surface area contributed by atoms with Gasteiger partial charge >= 0.3 is 0 Å². The molecule has 0 bridgehead atoms. The van der Waals surface area contributed by atoms with Gasteiger partial charge in [0.2, 0.25) is 0 Å². The molecule has 3 rings (SSSR count). The van der Waals surface area contributed by atoms with E-state index in [2.05, 4.69) is 54.7 Å². The number of hydrogen-bond acceptors (Lipinski definition) is 4. The summed E-state index contributed by atoms with van der Waals surface area (Å²) in [5, 5.41) is 3.81. The van der Waals surface area contributed by atoms with E-state index < -0.39 is 0 Å². The van der Waals surface area contributed by atoms with Crippen molar-refractivity contribution in [2.24, 2.45) is 0 Å². The largest absolute Gasteiger partial charge is 0.493 e. The second-order valence-corrected chi connectivity index (χ2v) is 6.72. The fraction of sp³-hybridized carbons (Fsp3) is 0.455. The summed E-state index contributed by atoms with van der Waals surface area (Å²) in [7, 11) is 1.67. The van der Waals surface area contributed by atoms with Crippen LogP contribution in [0.3, 0.4) is 0 Å². The monoisotopic (exact) mass is 355 g/mol. The second-order valence-electron chi connectivity index (χ2n) is 6.72.